The first-order valence-corrected chi connectivity index (χ1v) is 9.17. The van der Waals surface area contributed by atoms with Crippen LogP contribution in [0.5, 0.6) is 5.75 Å². The van der Waals surface area contributed by atoms with Gasteiger partial charge in [0, 0.05) is 5.33 Å². The summed E-state index contributed by atoms with van der Waals surface area (Å²) in [4.78, 5) is 0. The standard InChI is InChI=1S/C19H23BrN2O/c1-16-6-8-17(9-7-16)21-22-18-10-12-19(13-11-18)23-15-5-3-2-4-14-20/h6-13H,2-5,14-15H2,1H3. The summed E-state index contributed by atoms with van der Waals surface area (Å²) in [6.45, 7) is 2.83. The van der Waals surface area contributed by atoms with Crippen LogP contribution in [0.3, 0.4) is 0 Å². The van der Waals surface area contributed by atoms with Crippen LogP contribution in [0.15, 0.2) is 58.8 Å². The summed E-state index contributed by atoms with van der Waals surface area (Å²) in [6.07, 6.45) is 4.81. The molecule has 122 valence electrons. The summed E-state index contributed by atoms with van der Waals surface area (Å²) < 4.78 is 5.73. The van der Waals surface area contributed by atoms with Crippen LogP contribution in [0.25, 0.3) is 0 Å². The highest BCUT2D eigenvalue weighted by Crippen LogP contribution is 2.21. The molecule has 0 spiro atoms. The van der Waals surface area contributed by atoms with Gasteiger partial charge in [-0.2, -0.15) is 10.2 Å². The van der Waals surface area contributed by atoms with Crippen molar-refractivity contribution in [3.63, 3.8) is 0 Å². The van der Waals surface area contributed by atoms with Gasteiger partial charge >= 0.3 is 0 Å². The maximum atomic E-state index is 5.73. The second-order valence-corrected chi connectivity index (χ2v) is 6.27. The van der Waals surface area contributed by atoms with Crippen LogP contribution >= 0.6 is 15.9 Å². The van der Waals surface area contributed by atoms with Gasteiger partial charge in [0.05, 0.1) is 18.0 Å². The fraction of sp³-hybridized carbons (Fsp3) is 0.368. The Labute approximate surface area is 146 Å². The first-order valence-electron chi connectivity index (χ1n) is 8.05. The number of unbranched alkanes of at least 4 members (excludes halogenated alkanes) is 3. The van der Waals surface area contributed by atoms with Gasteiger partial charge in [0.2, 0.25) is 0 Å². The number of halogens is 1. The van der Waals surface area contributed by atoms with Crippen molar-refractivity contribution >= 4 is 27.3 Å². The van der Waals surface area contributed by atoms with Crippen LogP contribution in [-0.2, 0) is 0 Å². The third-order valence-electron chi connectivity index (χ3n) is 3.45. The summed E-state index contributed by atoms with van der Waals surface area (Å²) in [7, 11) is 0. The van der Waals surface area contributed by atoms with Gasteiger partial charge < -0.3 is 4.74 Å². The lowest BCUT2D eigenvalue weighted by Gasteiger charge is -2.05. The van der Waals surface area contributed by atoms with Gasteiger partial charge in [-0.15, -0.1) is 0 Å². The molecule has 0 heterocycles. The largest absolute Gasteiger partial charge is 0.494 e. The lowest BCUT2D eigenvalue weighted by atomic mass is 10.2. The zero-order chi connectivity index (χ0) is 16.3. The Morgan fingerprint density at radius 2 is 1.35 bits per heavy atom. The van der Waals surface area contributed by atoms with E-state index in [4.69, 9.17) is 4.74 Å². The number of alkyl halides is 1. The minimum Gasteiger partial charge on any atom is -0.494 e. The molecular formula is C19H23BrN2O. The number of hydrogen-bond donors (Lipinski definition) is 0. The average molecular weight is 375 g/mol. The van der Waals surface area contributed by atoms with Gasteiger partial charge in [0.15, 0.2) is 0 Å². The van der Waals surface area contributed by atoms with Crippen molar-refractivity contribution in [3.8, 4) is 5.75 Å². The van der Waals surface area contributed by atoms with E-state index in [0.717, 1.165) is 35.5 Å². The van der Waals surface area contributed by atoms with E-state index in [2.05, 4.69) is 33.1 Å². The first-order chi connectivity index (χ1) is 11.3. The summed E-state index contributed by atoms with van der Waals surface area (Å²) in [5, 5.41) is 9.56. The van der Waals surface area contributed by atoms with E-state index >= 15 is 0 Å². The molecule has 0 atom stereocenters. The molecule has 0 radical (unpaired) electrons. The Bertz CT molecular complexity index is 594. The van der Waals surface area contributed by atoms with Gasteiger partial charge in [0.25, 0.3) is 0 Å². The molecule has 0 saturated carbocycles. The van der Waals surface area contributed by atoms with Gasteiger partial charge in [-0.3, -0.25) is 0 Å². The zero-order valence-corrected chi connectivity index (χ0v) is 15.1. The molecule has 0 aromatic heterocycles. The van der Waals surface area contributed by atoms with E-state index in [0.29, 0.717) is 0 Å². The maximum Gasteiger partial charge on any atom is 0.119 e. The second-order valence-electron chi connectivity index (χ2n) is 5.48. The molecule has 0 unspecified atom stereocenters. The SMILES string of the molecule is Cc1ccc(N=Nc2ccc(OCCCCCCBr)cc2)cc1. The Balaban J connectivity index is 1.76. The van der Waals surface area contributed by atoms with Crippen molar-refractivity contribution in [2.75, 3.05) is 11.9 Å². The predicted molar refractivity (Wildman–Crippen MR) is 99.6 cm³/mol. The molecule has 4 heteroatoms. The first kappa shape index (κ1) is 17.7. The zero-order valence-electron chi connectivity index (χ0n) is 13.5. The molecule has 0 amide bonds. The topological polar surface area (TPSA) is 34.0 Å². The minimum absolute atomic E-state index is 0.770. The van der Waals surface area contributed by atoms with Crippen molar-refractivity contribution in [1.29, 1.82) is 0 Å². The number of nitrogens with zero attached hydrogens (tertiary/aromatic N) is 2. The van der Waals surface area contributed by atoms with Crippen LogP contribution in [0, 0.1) is 6.92 Å². The highest BCUT2D eigenvalue weighted by atomic mass is 79.9. The molecular weight excluding hydrogens is 352 g/mol. The summed E-state index contributed by atoms with van der Waals surface area (Å²) in [5.41, 5.74) is 2.91. The molecule has 2 rings (SSSR count). The van der Waals surface area contributed by atoms with E-state index in [-0.39, 0.29) is 0 Å². The van der Waals surface area contributed by atoms with Crippen LogP contribution in [0.1, 0.15) is 31.2 Å². The van der Waals surface area contributed by atoms with Crippen LogP contribution in [-0.4, -0.2) is 11.9 Å². The molecule has 0 saturated heterocycles. The number of hydrogen-bond acceptors (Lipinski definition) is 3. The highest BCUT2D eigenvalue weighted by Gasteiger charge is 1.96. The van der Waals surface area contributed by atoms with E-state index in [1.54, 1.807) is 0 Å². The average Bonchev–Trinajstić information content (AvgIpc) is 2.58. The maximum absolute atomic E-state index is 5.73. The fourth-order valence-electron chi connectivity index (χ4n) is 2.08. The fourth-order valence-corrected chi connectivity index (χ4v) is 2.47. The van der Waals surface area contributed by atoms with Crippen molar-refractivity contribution in [3.05, 3.63) is 54.1 Å². The van der Waals surface area contributed by atoms with Gasteiger partial charge in [-0.25, -0.2) is 0 Å². The summed E-state index contributed by atoms with van der Waals surface area (Å²) in [5.74, 6) is 0.889. The molecule has 0 N–H and O–H groups in total. The molecule has 3 nitrogen and oxygen atoms in total. The Morgan fingerprint density at radius 1 is 0.783 bits per heavy atom. The Hall–Kier alpha value is -1.68. The summed E-state index contributed by atoms with van der Waals surface area (Å²) >= 11 is 3.44. The van der Waals surface area contributed by atoms with Gasteiger partial charge in [-0.1, -0.05) is 46.5 Å². The summed E-state index contributed by atoms with van der Waals surface area (Å²) in [6, 6.07) is 15.7. The van der Waals surface area contributed by atoms with Crippen LogP contribution < -0.4 is 4.74 Å². The molecule has 0 aliphatic carbocycles. The molecule has 0 aliphatic heterocycles. The Morgan fingerprint density at radius 3 is 1.96 bits per heavy atom. The molecule has 2 aromatic rings. The predicted octanol–water partition coefficient (Wildman–Crippen LogP) is 6.74. The minimum atomic E-state index is 0.770. The highest BCUT2D eigenvalue weighted by molar-refractivity contribution is 9.09. The van der Waals surface area contributed by atoms with E-state index in [1.165, 1.54) is 24.8 Å². The molecule has 2 aromatic carbocycles. The lowest BCUT2D eigenvalue weighted by molar-refractivity contribution is 0.305. The van der Waals surface area contributed by atoms with Crippen molar-refractivity contribution < 1.29 is 4.74 Å². The van der Waals surface area contributed by atoms with Crippen molar-refractivity contribution in [2.45, 2.75) is 32.6 Å². The molecule has 0 aliphatic rings. The molecule has 0 fully saturated rings. The van der Waals surface area contributed by atoms with Crippen molar-refractivity contribution in [2.24, 2.45) is 10.2 Å². The number of rotatable bonds is 9. The molecule has 0 bridgehead atoms. The van der Waals surface area contributed by atoms with E-state index < -0.39 is 0 Å². The van der Waals surface area contributed by atoms with Crippen LogP contribution in [0.2, 0.25) is 0 Å². The molecule has 23 heavy (non-hydrogen) atoms. The number of aryl methyl sites for hydroxylation is 1. The monoisotopic (exact) mass is 374 g/mol. The van der Waals surface area contributed by atoms with Crippen molar-refractivity contribution in [1.82, 2.24) is 0 Å². The van der Waals surface area contributed by atoms with E-state index in [9.17, 15) is 0 Å². The smallest absolute Gasteiger partial charge is 0.119 e. The van der Waals surface area contributed by atoms with Gasteiger partial charge in [0.1, 0.15) is 5.75 Å². The number of azo groups is 1. The van der Waals surface area contributed by atoms with E-state index in [1.807, 2.05) is 48.5 Å². The quantitative estimate of drug-likeness (QED) is 0.271. The number of benzene rings is 2. The normalized spacial score (nSPS) is 11.0. The third kappa shape index (κ3) is 6.95. The van der Waals surface area contributed by atoms with Crippen LogP contribution in [0.4, 0.5) is 11.4 Å². The third-order valence-corrected chi connectivity index (χ3v) is 4.01. The number of ether oxygens (including phenoxy) is 1. The lowest BCUT2D eigenvalue weighted by Crippen LogP contribution is -1.96. The van der Waals surface area contributed by atoms with Gasteiger partial charge in [-0.05, 0) is 56.2 Å². The second kappa shape index (κ2) is 10.2. The Kier molecular flexibility index (Phi) is 7.81.